The summed E-state index contributed by atoms with van der Waals surface area (Å²) in [6.07, 6.45) is 0.596. The van der Waals surface area contributed by atoms with Crippen LogP contribution in [0.1, 0.15) is 33.2 Å². The molecule has 1 N–H and O–H groups in total. The van der Waals surface area contributed by atoms with Crippen LogP contribution >= 0.6 is 11.6 Å². The molecule has 29 heavy (non-hydrogen) atoms. The predicted octanol–water partition coefficient (Wildman–Crippen LogP) is 4.27. The zero-order valence-electron chi connectivity index (χ0n) is 16.2. The number of anilines is 2. The van der Waals surface area contributed by atoms with Crippen LogP contribution in [0.25, 0.3) is 10.9 Å². The zero-order valence-corrected chi connectivity index (χ0v) is 17.0. The quantitative estimate of drug-likeness (QED) is 0.577. The van der Waals surface area contributed by atoms with E-state index in [1.807, 2.05) is 13.8 Å². The molecule has 9 heteroatoms. The standard InChI is InChI=1S/C20H20ClFN4O3/c1-4-14(27)10-29-17-8-12-7-13(24-18-15(21)9-23-20(22)25-18)5-6-16(12)26(11(2)3)19(17)28/h5-9,11H,4,10H2,1-3H3,(H,23,24,25). The van der Waals surface area contributed by atoms with Crippen LogP contribution in [0.5, 0.6) is 5.75 Å². The van der Waals surface area contributed by atoms with Crippen molar-refractivity contribution in [3.05, 3.63) is 51.9 Å². The molecule has 1 aromatic carbocycles. The number of nitrogens with zero attached hydrogens (tertiary/aromatic N) is 3. The third-order valence-electron chi connectivity index (χ3n) is 4.28. The zero-order chi connectivity index (χ0) is 21.1. The number of carbonyl (C=O) groups excluding carboxylic acids is 1. The maximum Gasteiger partial charge on any atom is 0.310 e. The number of benzene rings is 1. The molecule has 152 valence electrons. The van der Waals surface area contributed by atoms with Gasteiger partial charge >= 0.3 is 6.08 Å². The molecule has 3 aromatic rings. The van der Waals surface area contributed by atoms with Crippen LogP contribution in [-0.4, -0.2) is 26.9 Å². The normalized spacial score (nSPS) is 11.1. The van der Waals surface area contributed by atoms with Gasteiger partial charge in [-0.3, -0.25) is 9.59 Å². The van der Waals surface area contributed by atoms with Crippen molar-refractivity contribution in [1.29, 1.82) is 0 Å². The fraction of sp³-hybridized carbons (Fsp3) is 0.300. The summed E-state index contributed by atoms with van der Waals surface area (Å²) in [5.41, 5.74) is 0.977. The highest BCUT2D eigenvalue weighted by Gasteiger charge is 2.15. The Labute approximate surface area is 171 Å². The van der Waals surface area contributed by atoms with Crippen LogP contribution in [0, 0.1) is 6.08 Å². The van der Waals surface area contributed by atoms with Crippen molar-refractivity contribution in [2.45, 2.75) is 33.2 Å². The molecule has 0 aliphatic carbocycles. The van der Waals surface area contributed by atoms with Crippen molar-refractivity contribution in [3.63, 3.8) is 0 Å². The summed E-state index contributed by atoms with van der Waals surface area (Å²) in [7, 11) is 0. The van der Waals surface area contributed by atoms with Crippen LogP contribution < -0.4 is 15.6 Å². The summed E-state index contributed by atoms with van der Waals surface area (Å²) in [4.78, 5) is 31.5. The summed E-state index contributed by atoms with van der Waals surface area (Å²) in [6.45, 7) is 5.34. The third kappa shape index (κ3) is 4.54. The number of rotatable bonds is 7. The van der Waals surface area contributed by atoms with E-state index in [0.717, 1.165) is 0 Å². The molecule has 2 heterocycles. The smallest absolute Gasteiger partial charge is 0.310 e. The van der Waals surface area contributed by atoms with Crippen LogP contribution in [0.4, 0.5) is 15.9 Å². The van der Waals surface area contributed by atoms with Gasteiger partial charge in [0.2, 0.25) is 0 Å². The van der Waals surface area contributed by atoms with E-state index in [1.165, 1.54) is 6.20 Å². The molecule has 0 radical (unpaired) electrons. The Morgan fingerprint density at radius 2 is 2.10 bits per heavy atom. The molecule has 7 nitrogen and oxygen atoms in total. The van der Waals surface area contributed by atoms with Gasteiger partial charge in [0.05, 0.1) is 11.7 Å². The van der Waals surface area contributed by atoms with Gasteiger partial charge in [-0.2, -0.15) is 9.37 Å². The van der Waals surface area contributed by atoms with E-state index in [1.54, 1.807) is 35.8 Å². The number of aromatic nitrogens is 3. The van der Waals surface area contributed by atoms with Crippen LogP contribution in [0.15, 0.2) is 35.3 Å². The Morgan fingerprint density at radius 3 is 2.79 bits per heavy atom. The Morgan fingerprint density at radius 1 is 1.34 bits per heavy atom. The Hall–Kier alpha value is -3.00. The van der Waals surface area contributed by atoms with Crippen molar-refractivity contribution in [1.82, 2.24) is 14.5 Å². The van der Waals surface area contributed by atoms with Gasteiger partial charge in [0.15, 0.2) is 17.4 Å². The lowest BCUT2D eigenvalue weighted by atomic mass is 10.1. The highest BCUT2D eigenvalue weighted by molar-refractivity contribution is 6.32. The van der Waals surface area contributed by atoms with Gasteiger partial charge < -0.3 is 14.6 Å². The molecular weight excluding hydrogens is 399 g/mol. The molecule has 0 spiro atoms. The van der Waals surface area contributed by atoms with E-state index < -0.39 is 6.08 Å². The van der Waals surface area contributed by atoms with E-state index in [4.69, 9.17) is 16.3 Å². The van der Waals surface area contributed by atoms with Crippen molar-refractivity contribution in [2.24, 2.45) is 0 Å². The molecule has 0 amide bonds. The maximum atomic E-state index is 13.3. The second-order valence-corrected chi connectivity index (χ2v) is 7.10. The minimum Gasteiger partial charge on any atom is -0.480 e. The largest absolute Gasteiger partial charge is 0.480 e. The van der Waals surface area contributed by atoms with Gasteiger partial charge in [-0.15, -0.1) is 0 Å². The molecule has 0 atom stereocenters. The molecule has 0 unspecified atom stereocenters. The Balaban J connectivity index is 2.06. The van der Waals surface area contributed by atoms with E-state index in [-0.39, 0.29) is 40.6 Å². The molecule has 3 rings (SSSR count). The highest BCUT2D eigenvalue weighted by Crippen LogP contribution is 2.27. The number of Topliss-reactive ketones (excluding diaryl/α,β-unsaturated/α-hetero) is 1. The fourth-order valence-corrected chi connectivity index (χ4v) is 2.98. The average Bonchev–Trinajstić information content (AvgIpc) is 2.68. The highest BCUT2D eigenvalue weighted by atomic mass is 35.5. The van der Waals surface area contributed by atoms with Crippen molar-refractivity contribution in [2.75, 3.05) is 11.9 Å². The fourth-order valence-electron chi connectivity index (χ4n) is 2.84. The second kappa shape index (κ2) is 8.57. The summed E-state index contributed by atoms with van der Waals surface area (Å²) in [5.74, 6) is 0.119. The molecule has 2 aromatic heterocycles. The van der Waals surface area contributed by atoms with E-state index >= 15 is 0 Å². The average molecular weight is 419 g/mol. The van der Waals surface area contributed by atoms with E-state index in [0.29, 0.717) is 23.0 Å². The number of pyridine rings is 1. The number of nitrogens with one attached hydrogen (secondary N) is 1. The minimum absolute atomic E-state index is 0.0938. The summed E-state index contributed by atoms with van der Waals surface area (Å²) < 4.78 is 20.4. The lowest BCUT2D eigenvalue weighted by Gasteiger charge is -2.17. The molecule has 0 saturated carbocycles. The van der Waals surface area contributed by atoms with Crippen molar-refractivity contribution in [3.8, 4) is 5.75 Å². The van der Waals surface area contributed by atoms with Crippen LogP contribution in [0.3, 0.4) is 0 Å². The van der Waals surface area contributed by atoms with Crippen LogP contribution in [0.2, 0.25) is 5.02 Å². The number of hydrogen-bond acceptors (Lipinski definition) is 6. The minimum atomic E-state index is -0.900. The lowest BCUT2D eigenvalue weighted by molar-refractivity contribution is -0.120. The monoisotopic (exact) mass is 418 g/mol. The molecule has 0 fully saturated rings. The second-order valence-electron chi connectivity index (χ2n) is 6.69. The van der Waals surface area contributed by atoms with Gasteiger partial charge in [-0.05, 0) is 38.1 Å². The molecule has 0 bridgehead atoms. The Kier molecular flexibility index (Phi) is 6.12. The van der Waals surface area contributed by atoms with Gasteiger partial charge in [-0.1, -0.05) is 18.5 Å². The van der Waals surface area contributed by atoms with E-state index in [2.05, 4.69) is 15.3 Å². The Bertz CT molecular complexity index is 1130. The topological polar surface area (TPSA) is 86.1 Å². The van der Waals surface area contributed by atoms with Crippen molar-refractivity contribution < 1.29 is 13.9 Å². The van der Waals surface area contributed by atoms with Gasteiger partial charge in [0.1, 0.15) is 11.6 Å². The first-order chi connectivity index (χ1) is 13.8. The molecule has 0 saturated heterocycles. The number of fused-ring (bicyclic) bond motifs is 1. The van der Waals surface area contributed by atoms with Gasteiger partial charge in [0.25, 0.3) is 5.56 Å². The van der Waals surface area contributed by atoms with Gasteiger partial charge in [-0.25, -0.2) is 4.98 Å². The lowest BCUT2D eigenvalue weighted by Crippen LogP contribution is -2.25. The summed E-state index contributed by atoms with van der Waals surface area (Å²) in [5, 5.41) is 3.81. The maximum absolute atomic E-state index is 13.3. The first kappa shape index (κ1) is 20.7. The molecule has 0 aliphatic rings. The third-order valence-corrected chi connectivity index (χ3v) is 4.56. The summed E-state index contributed by atoms with van der Waals surface area (Å²) in [6, 6.07) is 6.73. The first-order valence-electron chi connectivity index (χ1n) is 9.09. The molecule has 0 aliphatic heterocycles. The number of hydrogen-bond donors (Lipinski definition) is 1. The SMILES string of the molecule is CCC(=O)COc1cc2cc(Nc3nc(F)ncc3Cl)ccc2n(C(C)C)c1=O. The number of halogens is 2. The number of ketones is 1. The van der Waals surface area contributed by atoms with E-state index in [9.17, 15) is 14.0 Å². The number of carbonyl (C=O) groups is 1. The van der Waals surface area contributed by atoms with Crippen LogP contribution in [-0.2, 0) is 4.79 Å². The van der Waals surface area contributed by atoms with Crippen molar-refractivity contribution >= 4 is 39.8 Å². The molecular formula is C20H20ClFN4O3. The summed E-state index contributed by atoms with van der Waals surface area (Å²) >= 11 is 6.01. The predicted molar refractivity (Wildman–Crippen MR) is 110 cm³/mol. The number of ether oxygens (including phenoxy) is 1. The first-order valence-corrected chi connectivity index (χ1v) is 9.46. The van der Waals surface area contributed by atoms with Gasteiger partial charge in [0, 0.05) is 23.5 Å².